The molecule has 0 saturated heterocycles. The van der Waals surface area contributed by atoms with Crippen molar-refractivity contribution in [1.82, 2.24) is 10.3 Å². The number of rotatable bonds is 5. The van der Waals surface area contributed by atoms with Crippen LogP contribution in [-0.2, 0) is 24.2 Å². The third-order valence-electron chi connectivity index (χ3n) is 2.66. The molecule has 5 heteroatoms. The Bertz CT molecular complexity index is 563. The van der Waals surface area contributed by atoms with Crippen molar-refractivity contribution in [2.75, 3.05) is 0 Å². The number of aromatic hydroxyl groups is 1. The lowest BCUT2D eigenvalue weighted by Gasteiger charge is -2.03. The number of nitrogens with zero attached hydrogens (tertiary/aromatic N) is 1. The van der Waals surface area contributed by atoms with Crippen LogP contribution in [-0.4, -0.2) is 16.0 Å². The maximum atomic E-state index is 11.7. The van der Waals surface area contributed by atoms with E-state index in [1.165, 1.54) is 0 Å². The van der Waals surface area contributed by atoms with E-state index in [9.17, 15) is 9.90 Å². The molecule has 0 aliphatic carbocycles. The van der Waals surface area contributed by atoms with Gasteiger partial charge in [-0.05, 0) is 17.7 Å². The van der Waals surface area contributed by atoms with Crippen LogP contribution in [0.25, 0.3) is 0 Å². The number of oxazole rings is 1. The van der Waals surface area contributed by atoms with Crippen LogP contribution in [0.1, 0.15) is 24.1 Å². The molecule has 2 rings (SSSR count). The summed E-state index contributed by atoms with van der Waals surface area (Å²) in [5, 5.41) is 12.0. The van der Waals surface area contributed by atoms with Gasteiger partial charge in [0.05, 0.1) is 19.2 Å². The molecule has 0 spiro atoms. The molecule has 100 valence electrons. The van der Waals surface area contributed by atoms with Crippen molar-refractivity contribution in [3.63, 3.8) is 0 Å². The number of nitrogens with one attached hydrogen (secondary N) is 1. The van der Waals surface area contributed by atoms with E-state index in [2.05, 4.69) is 10.3 Å². The molecule has 2 aromatic rings. The van der Waals surface area contributed by atoms with Crippen LogP contribution in [0, 0.1) is 0 Å². The Morgan fingerprint density at radius 3 is 3.00 bits per heavy atom. The van der Waals surface area contributed by atoms with Gasteiger partial charge in [0, 0.05) is 6.42 Å². The lowest BCUT2D eigenvalue weighted by Crippen LogP contribution is -2.24. The van der Waals surface area contributed by atoms with E-state index in [0.717, 1.165) is 17.7 Å². The molecule has 0 aliphatic rings. The maximum absolute atomic E-state index is 11.7. The second-order valence-electron chi connectivity index (χ2n) is 4.20. The zero-order valence-electron chi connectivity index (χ0n) is 10.7. The summed E-state index contributed by atoms with van der Waals surface area (Å²) in [6.45, 7) is 2.25. The van der Waals surface area contributed by atoms with E-state index < -0.39 is 0 Å². The molecule has 0 atom stereocenters. The Hall–Kier alpha value is -2.30. The van der Waals surface area contributed by atoms with E-state index >= 15 is 0 Å². The molecular weight excluding hydrogens is 244 g/mol. The minimum atomic E-state index is -0.137. The predicted molar refractivity (Wildman–Crippen MR) is 69.5 cm³/mol. The highest BCUT2D eigenvalue weighted by Gasteiger charge is 2.07. The van der Waals surface area contributed by atoms with Gasteiger partial charge >= 0.3 is 0 Å². The van der Waals surface area contributed by atoms with Crippen molar-refractivity contribution in [1.29, 1.82) is 0 Å². The van der Waals surface area contributed by atoms with E-state index in [4.69, 9.17) is 4.42 Å². The number of carbonyl (C=O) groups is 1. The number of phenolic OH excluding ortho intramolecular Hbond substituents is 1. The first-order valence-corrected chi connectivity index (χ1v) is 6.15. The first kappa shape index (κ1) is 13.1. The third-order valence-corrected chi connectivity index (χ3v) is 2.66. The zero-order chi connectivity index (χ0) is 13.7. The summed E-state index contributed by atoms with van der Waals surface area (Å²) in [5.74, 6) is 1.32. The van der Waals surface area contributed by atoms with Gasteiger partial charge in [-0.2, -0.15) is 0 Å². The summed E-state index contributed by atoms with van der Waals surface area (Å²) >= 11 is 0. The Kier molecular flexibility index (Phi) is 4.18. The molecular formula is C14H16N2O3. The van der Waals surface area contributed by atoms with Crippen molar-refractivity contribution in [2.45, 2.75) is 26.3 Å². The molecule has 0 fully saturated rings. The number of aryl methyl sites for hydroxylation is 1. The first-order valence-electron chi connectivity index (χ1n) is 6.15. The molecule has 0 unspecified atom stereocenters. The fourth-order valence-corrected chi connectivity index (χ4v) is 1.68. The topological polar surface area (TPSA) is 75.4 Å². The van der Waals surface area contributed by atoms with Crippen molar-refractivity contribution < 1.29 is 14.3 Å². The molecule has 0 bridgehead atoms. The first-order chi connectivity index (χ1) is 9.17. The fourth-order valence-electron chi connectivity index (χ4n) is 1.68. The number of carbonyl (C=O) groups excluding carboxylic acids is 1. The second kappa shape index (κ2) is 6.04. The summed E-state index contributed by atoms with van der Waals surface area (Å²) in [7, 11) is 0. The number of aromatic nitrogens is 1. The van der Waals surface area contributed by atoms with Gasteiger partial charge in [-0.1, -0.05) is 19.1 Å². The molecule has 0 saturated carbocycles. The monoisotopic (exact) mass is 260 g/mol. The molecule has 1 aromatic heterocycles. The highest BCUT2D eigenvalue weighted by atomic mass is 16.4. The van der Waals surface area contributed by atoms with Gasteiger partial charge in [0.1, 0.15) is 11.5 Å². The van der Waals surface area contributed by atoms with Gasteiger partial charge in [-0.15, -0.1) is 0 Å². The summed E-state index contributed by atoms with van der Waals surface area (Å²) < 4.78 is 5.39. The van der Waals surface area contributed by atoms with Crippen molar-refractivity contribution in [3.05, 3.63) is 47.7 Å². The Labute approximate surface area is 111 Å². The molecule has 5 nitrogen and oxygen atoms in total. The Morgan fingerprint density at radius 2 is 2.32 bits per heavy atom. The van der Waals surface area contributed by atoms with Gasteiger partial charge in [0.15, 0.2) is 0 Å². The summed E-state index contributed by atoms with van der Waals surface area (Å²) in [5.41, 5.74) is 0.763. The normalized spacial score (nSPS) is 10.4. The van der Waals surface area contributed by atoms with Crippen LogP contribution in [0.4, 0.5) is 0 Å². The number of benzene rings is 1. The molecule has 2 N–H and O–H groups in total. The molecule has 1 amide bonds. The Balaban J connectivity index is 1.84. The molecule has 19 heavy (non-hydrogen) atoms. The number of amides is 1. The molecule has 1 heterocycles. The van der Waals surface area contributed by atoms with E-state index in [1.54, 1.807) is 30.5 Å². The molecule has 0 radical (unpaired) electrons. The van der Waals surface area contributed by atoms with Crippen LogP contribution >= 0.6 is 0 Å². The smallest absolute Gasteiger partial charge is 0.224 e. The summed E-state index contributed by atoms with van der Waals surface area (Å²) in [4.78, 5) is 15.8. The van der Waals surface area contributed by atoms with Gasteiger partial charge in [0.2, 0.25) is 11.8 Å². The molecule has 1 aromatic carbocycles. The van der Waals surface area contributed by atoms with E-state index in [1.807, 2.05) is 6.92 Å². The Morgan fingerprint density at radius 1 is 1.47 bits per heavy atom. The highest BCUT2D eigenvalue weighted by Crippen LogP contribution is 2.11. The molecule has 0 aliphatic heterocycles. The van der Waals surface area contributed by atoms with Crippen LogP contribution < -0.4 is 5.32 Å². The number of hydrogen-bond donors (Lipinski definition) is 2. The number of phenols is 1. The predicted octanol–water partition coefficient (Wildman–Crippen LogP) is 1.80. The summed E-state index contributed by atoms with van der Waals surface area (Å²) in [6.07, 6.45) is 2.66. The summed E-state index contributed by atoms with van der Waals surface area (Å²) in [6, 6.07) is 6.64. The average Bonchev–Trinajstić information content (AvgIpc) is 2.84. The van der Waals surface area contributed by atoms with Crippen molar-refractivity contribution in [3.8, 4) is 5.75 Å². The minimum absolute atomic E-state index is 0.137. The maximum Gasteiger partial charge on any atom is 0.224 e. The average molecular weight is 260 g/mol. The van der Waals surface area contributed by atoms with Crippen LogP contribution in [0.2, 0.25) is 0 Å². The van der Waals surface area contributed by atoms with Crippen molar-refractivity contribution in [2.24, 2.45) is 0 Å². The third kappa shape index (κ3) is 3.84. The highest BCUT2D eigenvalue weighted by molar-refractivity contribution is 5.78. The van der Waals surface area contributed by atoms with Gasteiger partial charge in [-0.25, -0.2) is 4.98 Å². The van der Waals surface area contributed by atoms with Crippen LogP contribution in [0.15, 0.2) is 34.9 Å². The quantitative estimate of drug-likeness (QED) is 0.859. The zero-order valence-corrected chi connectivity index (χ0v) is 10.7. The minimum Gasteiger partial charge on any atom is -0.508 e. The van der Waals surface area contributed by atoms with Gasteiger partial charge in [-0.3, -0.25) is 4.79 Å². The largest absolute Gasteiger partial charge is 0.508 e. The van der Waals surface area contributed by atoms with Crippen LogP contribution in [0.3, 0.4) is 0 Å². The van der Waals surface area contributed by atoms with E-state index in [-0.39, 0.29) is 24.6 Å². The lowest BCUT2D eigenvalue weighted by atomic mass is 10.1. The standard InChI is InChI=1S/C14H16N2O3/c1-2-12-8-16-14(19-12)9-15-13(18)7-10-4-3-5-11(17)6-10/h3-6,8,17H,2,7,9H2,1H3,(H,15,18). The van der Waals surface area contributed by atoms with Crippen LogP contribution in [0.5, 0.6) is 5.75 Å². The second-order valence-corrected chi connectivity index (χ2v) is 4.20. The van der Waals surface area contributed by atoms with Gasteiger partial charge in [0.25, 0.3) is 0 Å². The SMILES string of the molecule is CCc1cnc(CNC(=O)Cc2cccc(O)c2)o1. The lowest BCUT2D eigenvalue weighted by molar-refractivity contribution is -0.120. The fraction of sp³-hybridized carbons (Fsp3) is 0.286. The van der Waals surface area contributed by atoms with Crippen molar-refractivity contribution >= 4 is 5.91 Å². The van der Waals surface area contributed by atoms with Gasteiger partial charge < -0.3 is 14.8 Å². The number of hydrogen-bond acceptors (Lipinski definition) is 4. The van der Waals surface area contributed by atoms with E-state index in [0.29, 0.717) is 5.89 Å².